The molecule has 144 valence electrons. The first-order valence-electron chi connectivity index (χ1n) is 9.69. The fraction of sp³-hybridized carbons (Fsp3) is 0.364. The van der Waals surface area contributed by atoms with Crippen molar-refractivity contribution in [1.82, 2.24) is 19.4 Å². The molecule has 6 nitrogen and oxygen atoms in total. The average molecular weight is 376 g/mol. The predicted octanol–water partition coefficient (Wildman–Crippen LogP) is 3.13. The van der Waals surface area contributed by atoms with E-state index in [9.17, 15) is 0 Å². The molecule has 0 bridgehead atoms. The number of hydrogen-bond donors (Lipinski definition) is 0. The molecule has 2 aliphatic heterocycles. The Morgan fingerprint density at radius 1 is 1.18 bits per heavy atom. The van der Waals surface area contributed by atoms with Crippen LogP contribution >= 0.6 is 0 Å². The lowest BCUT2D eigenvalue weighted by Crippen LogP contribution is -2.44. The van der Waals surface area contributed by atoms with Crippen molar-refractivity contribution in [1.29, 1.82) is 0 Å². The van der Waals surface area contributed by atoms with Crippen LogP contribution in [0.2, 0.25) is 0 Å². The Labute approximate surface area is 164 Å². The third-order valence-corrected chi connectivity index (χ3v) is 5.78. The lowest BCUT2D eigenvalue weighted by atomic mass is 10.0. The maximum atomic E-state index is 6.35. The van der Waals surface area contributed by atoms with Crippen molar-refractivity contribution in [2.75, 3.05) is 20.2 Å². The number of rotatable bonds is 4. The van der Waals surface area contributed by atoms with E-state index in [4.69, 9.17) is 9.47 Å². The number of benzene rings is 1. The van der Waals surface area contributed by atoms with E-state index in [0.717, 1.165) is 55.4 Å². The molecule has 5 rings (SSSR count). The van der Waals surface area contributed by atoms with Crippen molar-refractivity contribution >= 4 is 0 Å². The molecular weight excluding hydrogens is 352 g/mol. The zero-order chi connectivity index (χ0) is 19.0. The first-order valence-corrected chi connectivity index (χ1v) is 9.69. The summed E-state index contributed by atoms with van der Waals surface area (Å²) in [5.74, 6) is 1.85. The van der Waals surface area contributed by atoms with Crippen LogP contribution in [0.4, 0.5) is 0 Å². The first-order chi connectivity index (χ1) is 13.7. The molecule has 1 atom stereocenters. The van der Waals surface area contributed by atoms with Crippen LogP contribution in [0.1, 0.15) is 17.8 Å². The molecule has 6 heteroatoms. The minimum Gasteiger partial charge on any atom is -0.497 e. The molecule has 0 N–H and O–H groups in total. The highest BCUT2D eigenvalue weighted by molar-refractivity contribution is 5.61. The number of methoxy groups -OCH3 is 1. The van der Waals surface area contributed by atoms with Crippen molar-refractivity contribution in [3.8, 4) is 17.0 Å². The third kappa shape index (κ3) is 3.19. The van der Waals surface area contributed by atoms with Gasteiger partial charge in [-0.25, -0.2) is 4.98 Å². The summed E-state index contributed by atoms with van der Waals surface area (Å²) < 4.78 is 14.1. The summed E-state index contributed by atoms with van der Waals surface area (Å²) in [6, 6.07) is 12.3. The topological polar surface area (TPSA) is 52.4 Å². The summed E-state index contributed by atoms with van der Waals surface area (Å²) in [6.07, 6.45) is 6.75. The molecule has 0 aliphatic carbocycles. The van der Waals surface area contributed by atoms with Gasteiger partial charge in [0, 0.05) is 37.6 Å². The normalized spacial score (nSPS) is 21.8. The largest absolute Gasteiger partial charge is 0.497 e. The fourth-order valence-corrected chi connectivity index (χ4v) is 4.33. The Balaban J connectivity index is 1.37. The van der Waals surface area contributed by atoms with Crippen molar-refractivity contribution < 1.29 is 9.47 Å². The smallest absolute Gasteiger partial charge is 0.135 e. The van der Waals surface area contributed by atoms with Gasteiger partial charge in [0.15, 0.2) is 0 Å². The predicted molar refractivity (Wildman–Crippen MR) is 106 cm³/mol. The third-order valence-electron chi connectivity index (χ3n) is 5.78. The summed E-state index contributed by atoms with van der Waals surface area (Å²) in [5, 5.41) is 0. The number of ether oxygens (including phenoxy) is 2. The average Bonchev–Trinajstić information content (AvgIpc) is 3.33. The van der Waals surface area contributed by atoms with E-state index in [-0.39, 0.29) is 5.60 Å². The summed E-state index contributed by atoms with van der Waals surface area (Å²) in [5.41, 5.74) is 3.35. The minimum atomic E-state index is -0.149. The number of likely N-dealkylation sites (tertiary alicyclic amines) is 1. The zero-order valence-electron chi connectivity index (χ0n) is 16.0. The van der Waals surface area contributed by atoms with Crippen molar-refractivity contribution in [3.63, 3.8) is 0 Å². The first kappa shape index (κ1) is 17.4. The lowest BCUT2D eigenvalue weighted by molar-refractivity contribution is -0.0821. The lowest BCUT2D eigenvalue weighted by Gasteiger charge is -2.35. The van der Waals surface area contributed by atoms with Crippen LogP contribution in [0.15, 0.2) is 55.0 Å². The molecule has 2 aliphatic rings. The summed E-state index contributed by atoms with van der Waals surface area (Å²) in [6.45, 7) is 4.27. The van der Waals surface area contributed by atoms with Gasteiger partial charge in [-0.3, -0.25) is 9.88 Å². The van der Waals surface area contributed by atoms with Gasteiger partial charge in [0.05, 0.1) is 25.5 Å². The Kier molecular flexibility index (Phi) is 4.37. The van der Waals surface area contributed by atoms with Gasteiger partial charge in [0.1, 0.15) is 23.8 Å². The van der Waals surface area contributed by atoms with Gasteiger partial charge in [-0.15, -0.1) is 0 Å². The molecule has 0 amide bonds. The van der Waals surface area contributed by atoms with Crippen LogP contribution < -0.4 is 4.74 Å². The molecule has 0 radical (unpaired) electrons. The van der Waals surface area contributed by atoms with Gasteiger partial charge in [-0.1, -0.05) is 18.2 Å². The summed E-state index contributed by atoms with van der Waals surface area (Å²) >= 11 is 0. The number of hydrogen-bond acceptors (Lipinski definition) is 5. The quantitative estimate of drug-likeness (QED) is 0.700. The molecule has 1 fully saturated rings. The van der Waals surface area contributed by atoms with Crippen LogP contribution in [0.3, 0.4) is 0 Å². The number of aromatic nitrogens is 3. The minimum absolute atomic E-state index is 0.149. The second-order valence-corrected chi connectivity index (χ2v) is 7.67. The van der Waals surface area contributed by atoms with Gasteiger partial charge < -0.3 is 14.0 Å². The number of imidazole rings is 1. The van der Waals surface area contributed by atoms with E-state index in [2.05, 4.69) is 37.6 Å². The van der Waals surface area contributed by atoms with E-state index < -0.39 is 0 Å². The van der Waals surface area contributed by atoms with Crippen LogP contribution in [0.25, 0.3) is 11.3 Å². The number of nitrogens with zero attached hydrogens (tertiary/aromatic N) is 4. The van der Waals surface area contributed by atoms with Crippen LogP contribution in [0.5, 0.6) is 5.75 Å². The van der Waals surface area contributed by atoms with Gasteiger partial charge >= 0.3 is 0 Å². The number of fused-ring (bicyclic) bond motifs is 1. The van der Waals surface area contributed by atoms with Crippen LogP contribution in [0, 0.1) is 0 Å². The molecule has 4 heterocycles. The van der Waals surface area contributed by atoms with E-state index in [0.29, 0.717) is 6.61 Å². The summed E-state index contributed by atoms with van der Waals surface area (Å²) in [4.78, 5) is 11.3. The van der Waals surface area contributed by atoms with Crippen LogP contribution in [-0.2, 0) is 24.4 Å². The zero-order valence-corrected chi connectivity index (χ0v) is 16.0. The Morgan fingerprint density at radius 3 is 3.00 bits per heavy atom. The summed E-state index contributed by atoms with van der Waals surface area (Å²) in [7, 11) is 1.70. The van der Waals surface area contributed by atoms with E-state index in [1.807, 2.05) is 36.8 Å². The molecule has 0 saturated carbocycles. The number of pyridine rings is 1. The highest BCUT2D eigenvalue weighted by Crippen LogP contribution is 2.36. The van der Waals surface area contributed by atoms with E-state index >= 15 is 0 Å². The Hall–Kier alpha value is -2.70. The molecule has 1 spiro atoms. The second-order valence-electron chi connectivity index (χ2n) is 7.67. The van der Waals surface area contributed by atoms with Gasteiger partial charge in [-0.2, -0.15) is 0 Å². The molecule has 0 unspecified atom stereocenters. The highest BCUT2D eigenvalue weighted by Gasteiger charge is 2.43. The molecule has 1 saturated heterocycles. The van der Waals surface area contributed by atoms with Crippen molar-refractivity contribution in [2.24, 2.45) is 0 Å². The van der Waals surface area contributed by atoms with Gasteiger partial charge in [0.2, 0.25) is 0 Å². The van der Waals surface area contributed by atoms with Crippen molar-refractivity contribution in [3.05, 3.63) is 66.4 Å². The molecule has 1 aromatic carbocycles. The Morgan fingerprint density at radius 2 is 2.14 bits per heavy atom. The SMILES string of the molecule is COc1cccc(-c2cnc3n2C[C@]2(CCN(Cc4cccnc4)C2)OC3)c1. The van der Waals surface area contributed by atoms with Gasteiger partial charge in [-0.05, 0) is 30.2 Å². The standard InChI is InChI=1S/C22H24N4O2/c1-27-19-6-2-5-18(10-19)20-12-24-21-14-28-22(16-26(20)21)7-9-25(15-22)13-17-4-3-8-23-11-17/h2-6,8,10-12H,7,9,13-16H2,1H3/t22-/m1/s1. The van der Waals surface area contributed by atoms with Crippen LogP contribution in [-0.4, -0.2) is 45.2 Å². The monoisotopic (exact) mass is 376 g/mol. The Bertz CT molecular complexity index is 972. The fourth-order valence-electron chi connectivity index (χ4n) is 4.33. The maximum absolute atomic E-state index is 6.35. The molecular formula is C22H24N4O2. The maximum Gasteiger partial charge on any atom is 0.135 e. The van der Waals surface area contributed by atoms with Crippen molar-refractivity contribution in [2.45, 2.75) is 31.7 Å². The highest BCUT2D eigenvalue weighted by atomic mass is 16.5. The van der Waals surface area contributed by atoms with E-state index in [1.54, 1.807) is 7.11 Å². The molecule has 2 aromatic heterocycles. The molecule has 3 aromatic rings. The van der Waals surface area contributed by atoms with E-state index in [1.165, 1.54) is 5.56 Å². The molecule has 28 heavy (non-hydrogen) atoms. The second kappa shape index (κ2) is 7.04. The van der Waals surface area contributed by atoms with Gasteiger partial charge in [0.25, 0.3) is 0 Å².